The quantitative estimate of drug-likeness (QED) is 0.569. The van der Waals surface area contributed by atoms with E-state index in [1.807, 2.05) is 49.4 Å². The number of para-hydroxylation sites is 2. The minimum Gasteiger partial charge on any atom is -0.495 e. The second kappa shape index (κ2) is 6.11. The number of nitrogen functional groups attached to an aromatic ring is 1. The van der Waals surface area contributed by atoms with Gasteiger partial charge in [-0.1, -0.05) is 30.3 Å². The lowest BCUT2D eigenvalue weighted by Crippen LogP contribution is -2.22. The monoisotopic (exact) mass is 257 g/mol. The van der Waals surface area contributed by atoms with Gasteiger partial charge in [0.05, 0.1) is 12.8 Å². The third-order valence-corrected chi connectivity index (χ3v) is 3.00. The zero-order chi connectivity index (χ0) is 13.7. The van der Waals surface area contributed by atoms with Crippen molar-refractivity contribution in [2.75, 3.05) is 18.3 Å². The molecule has 0 radical (unpaired) electrons. The Morgan fingerprint density at radius 2 is 1.89 bits per heavy atom. The molecule has 2 aromatic rings. The van der Waals surface area contributed by atoms with Crippen molar-refractivity contribution in [3.8, 4) is 5.75 Å². The predicted octanol–water partition coefficient (Wildman–Crippen LogP) is 2.70. The summed E-state index contributed by atoms with van der Waals surface area (Å²) in [4.78, 5) is 0. The number of hydrogen-bond donors (Lipinski definition) is 3. The summed E-state index contributed by atoms with van der Waals surface area (Å²) in [5, 5.41) is 0. The molecule has 100 valence electrons. The largest absolute Gasteiger partial charge is 0.495 e. The number of hydrogen-bond acceptors (Lipinski definition) is 4. The fourth-order valence-corrected chi connectivity index (χ4v) is 1.89. The Hall–Kier alpha value is -2.20. The maximum atomic E-state index is 5.89. The first-order valence-corrected chi connectivity index (χ1v) is 6.18. The maximum absolute atomic E-state index is 5.89. The highest BCUT2D eigenvalue weighted by molar-refractivity contribution is 5.61. The summed E-state index contributed by atoms with van der Waals surface area (Å²) in [5.41, 5.74) is 16.1. The predicted molar refractivity (Wildman–Crippen MR) is 79.0 cm³/mol. The van der Waals surface area contributed by atoms with E-state index < -0.39 is 0 Å². The topological polar surface area (TPSA) is 59.3 Å². The molecule has 0 aromatic heterocycles. The van der Waals surface area contributed by atoms with Crippen molar-refractivity contribution in [1.29, 1.82) is 0 Å². The van der Waals surface area contributed by atoms with E-state index >= 15 is 0 Å². The highest BCUT2D eigenvalue weighted by Gasteiger charge is 2.05. The van der Waals surface area contributed by atoms with E-state index in [2.05, 4.69) is 10.9 Å². The second-order valence-electron chi connectivity index (χ2n) is 4.33. The summed E-state index contributed by atoms with van der Waals surface area (Å²) in [6.07, 6.45) is 0. The third kappa shape index (κ3) is 3.17. The first-order valence-electron chi connectivity index (χ1n) is 6.18. The minimum atomic E-state index is 0.643. The number of nitrogens with two attached hydrogens (primary N) is 1. The molecular weight excluding hydrogens is 238 g/mol. The molecule has 0 aliphatic rings. The molecule has 0 amide bonds. The van der Waals surface area contributed by atoms with Crippen molar-refractivity contribution in [2.45, 2.75) is 13.5 Å². The summed E-state index contributed by atoms with van der Waals surface area (Å²) in [6, 6.07) is 13.7. The molecule has 0 heterocycles. The number of ether oxygens (including phenoxy) is 1. The number of anilines is 2. The lowest BCUT2D eigenvalue weighted by Gasteiger charge is -2.15. The highest BCUT2D eigenvalue weighted by Crippen LogP contribution is 2.26. The second-order valence-corrected chi connectivity index (χ2v) is 4.33. The first-order chi connectivity index (χ1) is 9.22. The molecule has 2 aromatic carbocycles. The van der Waals surface area contributed by atoms with Crippen molar-refractivity contribution >= 4 is 11.4 Å². The van der Waals surface area contributed by atoms with Crippen LogP contribution in [0.3, 0.4) is 0 Å². The van der Waals surface area contributed by atoms with Gasteiger partial charge in [0.1, 0.15) is 5.75 Å². The van der Waals surface area contributed by atoms with Crippen LogP contribution in [-0.2, 0) is 6.54 Å². The molecule has 0 spiro atoms. The van der Waals surface area contributed by atoms with Gasteiger partial charge < -0.3 is 15.9 Å². The van der Waals surface area contributed by atoms with Crippen LogP contribution in [0.5, 0.6) is 5.75 Å². The van der Waals surface area contributed by atoms with Crippen molar-refractivity contribution in [2.24, 2.45) is 0 Å². The Labute approximate surface area is 113 Å². The Morgan fingerprint density at radius 3 is 2.63 bits per heavy atom. The number of hydrazine groups is 1. The number of rotatable bonds is 5. The van der Waals surface area contributed by atoms with Crippen LogP contribution in [0.15, 0.2) is 42.5 Å². The van der Waals surface area contributed by atoms with Crippen molar-refractivity contribution in [3.05, 3.63) is 53.6 Å². The Kier molecular flexibility index (Phi) is 4.26. The molecular formula is C15H19N3O. The van der Waals surface area contributed by atoms with Crippen LogP contribution in [0.25, 0.3) is 0 Å². The van der Waals surface area contributed by atoms with Gasteiger partial charge in [-0.05, 0) is 30.2 Å². The summed E-state index contributed by atoms with van der Waals surface area (Å²) in [6.45, 7) is 2.67. The fraction of sp³-hybridized carbons (Fsp3) is 0.200. The molecule has 0 aliphatic carbocycles. The molecule has 0 saturated heterocycles. The summed E-state index contributed by atoms with van der Waals surface area (Å²) in [5.74, 6) is 0.813. The number of benzene rings is 2. The maximum Gasteiger partial charge on any atom is 0.143 e. The van der Waals surface area contributed by atoms with E-state index in [-0.39, 0.29) is 0 Å². The Bertz CT molecular complexity index is 555. The normalized spacial score (nSPS) is 10.2. The van der Waals surface area contributed by atoms with Gasteiger partial charge >= 0.3 is 0 Å². The smallest absolute Gasteiger partial charge is 0.143 e. The van der Waals surface area contributed by atoms with Gasteiger partial charge in [0.25, 0.3) is 0 Å². The zero-order valence-electron chi connectivity index (χ0n) is 11.2. The van der Waals surface area contributed by atoms with E-state index in [0.29, 0.717) is 6.54 Å². The molecule has 2 rings (SSSR count). The average Bonchev–Trinajstić information content (AvgIpc) is 2.42. The molecule has 0 bridgehead atoms. The average molecular weight is 257 g/mol. The lowest BCUT2D eigenvalue weighted by molar-refractivity contribution is 0.415. The first kappa shape index (κ1) is 13.2. The Morgan fingerprint density at radius 1 is 1.11 bits per heavy atom. The zero-order valence-corrected chi connectivity index (χ0v) is 11.2. The van der Waals surface area contributed by atoms with E-state index in [0.717, 1.165) is 28.3 Å². The fourth-order valence-electron chi connectivity index (χ4n) is 1.89. The Balaban J connectivity index is 2.02. The van der Waals surface area contributed by atoms with Crippen LogP contribution in [0.2, 0.25) is 0 Å². The van der Waals surface area contributed by atoms with Gasteiger partial charge in [-0.15, -0.1) is 0 Å². The van der Waals surface area contributed by atoms with Crippen LogP contribution < -0.4 is 21.3 Å². The van der Waals surface area contributed by atoms with Crippen LogP contribution in [0.1, 0.15) is 11.1 Å². The van der Waals surface area contributed by atoms with E-state index in [4.69, 9.17) is 10.5 Å². The van der Waals surface area contributed by atoms with Gasteiger partial charge in [-0.2, -0.15) is 0 Å². The van der Waals surface area contributed by atoms with Crippen LogP contribution in [0, 0.1) is 6.92 Å². The molecule has 0 atom stereocenters. The van der Waals surface area contributed by atoms with Gasteiger partial charge in [0, 0.05) is 12.2 Å². The molecule has 4 N–H and O–H groups in total. The van der Waals surface area contributed by atoms with Crippen molar-refractivity contribution in [1.82, 2.24) is 5.43 Å². The van der Waals surface area contributed by atoms with Crippen molar-refractivity contribution < 1.29 is 4.74 Å². The molecule has 4 heteroatoms. The van der Waals surface area contributed by atoms with Crippen LogP contribution in [0.4, 0.5) is 11.4 Å². The van der Waals surface area contributed by atoms with Gasteiger partial charge in [0.15, 0.2) is 0 Å². The minimum absolute atomic E-state index is 0.643. The van der Waals surface area contributed by atoms with Gasteiger partial charge in [0.2, 0.25) is 0 Å². The summed E-state index contributed by atoms with van der Waals surface area (Å²) < 4.78 is 5.33. The highest BCUT2D eigenvalue weighted by atomic mass is 16.5. The molecule has 19 heavy (non-hydrogen) atoms. The molecule has 0 fully saturated rings. The summed E-state index contributed by atoms with van der Waals surface area (Å²) >= 11 is 0. The van der Waals surface area contributed by atoms with Crippen LogP contribution in [-0.4, -0.2) is 7.11 Å². The number of methoxy groups -OCH3 is 1. The van der Waals surface area contributed by atoms with E-state index in [1.54, 1.807) is 7.11 Å². The van der Waals surface area contributed by atoms with E-state index in [9.17, 15) is 0 Å². The third-order valence-electron chi connectivity index (χ3n) is 3.00. The molecule has 0 unspecified atom stereocenters. The molecule has 0 aliphatic heterocycles. The SMILES string of the molecule is COc1cccc(C)c1NNCc1ccccc1N. The van der Waals surface area contributed by atoms with Crippen molar-refractivity contribution in [3.63, 3.8) is 0 Å². The lowest BCUT2D eigenvalue weighted by atomic mass is 10.2. The van der Waals surface area contributed by atoms with Crippen LogP contribution >= 0.6 is 0 Å². The number of aryl methyl sites for hydroxylation is 1. The molecule has 0 saturated carbocycles. The standard InChI is InChI=1S/C15H19N3O/c1-11-6-5-9-14(19-2)15(11)18-17-10-12-7-3-4-8-13(12)16/h3-9,17-18H,10,16H2,1-2H3. The van der Waals surface area contributed by atoms with E-state index in [1.165, 1.54) is 0 Å². The number of nitrogens with one attached hydrogen (secondary N) is 2. The summed E-state index contributed by atoms with van der Waals surface area (Å²) in [7, 11) is 1.66. The van der Waals surface area contributed by atoms with Gasteiger partial charge in [-0.3, -0.25) is 0 Å². The molecule has 4 nitrogen and oxygen atoms in total. The van der Waals surface area contributed by atoms with Gasteiger partial charge in [-0.25, -0.2) is 5.43 Å².